The third-order valence-corrected chi connectivity index (χ3v) is 3.43. The van der Waals surface area contributed by atoms with Crippen molar-refractivity contribution in [2.24, 2.45) is 0 Å². The van der Waals surface area contributed by atoms with Crippen molar-refractivity contribution < 1.29 is 14.6 Å². The van der Waals surface area contributed by atoms with Crippen LogP contribution >= 0.6 is 0 Å². The SMILES string of the molecule is CC[C@H](C)Oc1ccc(CNC(=O)N2CC(O)C2)cc1. The molecule has 110 valence electrons. The van der Waals surface area contributed by atoms with E-state index in [4.69, 9.17) is 9.84 Å². The Labute approximate surface area is 119 Å². The van der Waals surface area contributed by atoms with Crippen LogP contribution in [0.25, 0.3) is 0 Å². The molecule has 1 aliphatic rings. The summed E-state index contributed by atoms with van der Waals surface area (Å²) in [6.45, 7) is 5.45. The number of rotatable bonds is 5. The summed E-state index contributed by atoms with van der Waals surface area (Å²) in [4.78, 5) is 13.3. The van der Waals surface area contributed by atoms with Crippen LogP contribution in [0.3, 0.4) is 0 Å². The molecule has 2 N–H and O–H groups in total. The molecule has 5 nitrogen and oxygen atoms in total. The van der Waals surface area contributed by atoms with Crippen LogP contribution in [0.4, 0.5) is 4.79 Å². The molecule has 20 heavy (non-hydrogen) atoms. The second-order valence-corrected chi connectivity index (χ2v) is 5.20. The largest absolute Gasteiger partial charge is 0.491 e. The average molecular weight is 278 g/mol. The van der Waals surface area contributed by atoms with E-state index in [1.807, 2.05) is 31.2 Å². The van der Waals surface area contributed by atoms with Gasteiger partial charge in [0.2, 0.25) is 0 Å². The van der Waals surface area contributed by atoms with Gasteiger partial charge in [0, 0.05) is 6.54 Å². The first-order valence-electron chi connectivity index (χ1n) is 7.05. The number of nitrogens with one attached hydrogen (secondary N) is 1. The molecule has 1 saturated heterocycles. The number of nitrogens with zero attached hydrogens (tertiary/aromatic N) is 1. The maximum atomic E-state index is 11.7. The van der Waals surface area contributed by atoms with E-state index in [1.165, 1.54) is 0 Å². The fraction of sp³-hybridized carbons (Fsp3) is 0.533. The zero-order chi connectivity index (χ0) is 14.5. The minimum atomic E-state index is -0.363. The van der Waals surface area contributed by atoms with Crippen molar-refractivity contribution in [3.63, 3.8) is 0 Å². The van der Waals surface area contributed by atoms with Gasteiger partial charge in [0.25, 0.3) is 0 Å². The van der Waals surface area contributed by atoms with Crippen LogP contribution in [0.5, 0.6) is 5.75 Å². The lowest BCUT2D eigenvalue weighted by molar-refractivity contribution is 0.0265. The molecule has 1 fully saturated rings. The van der Waals surface area contributed by atoms with E-state index >= 15 is 0 Å². The van der Waals surface area contributed by atoms with E-state index in [0.717, 1.165) is 17.7 Å². The van der Waals surface area contributed by atoms with Crippen LogP contribution in [-0.4, -0.2) is 41.3 Å². The number of carbonyl (C=O) groups is 1. The van der Waals surface area contributed by atoms with Crippen LogP contribution in [0, 0.1) is 0 Å². The predicted octanol–water partition coefficient (Wildman–Crippen LogP) is 1.75. The molecule has 2 amide bonds. The summed E-state index contributed by atoms with van der Waals surface area (Å²) < 4.78 is 5.70. The van der Waals surface area contributed by atoms with Crippen LogP contribution < -0.4 is 10.1 Å². The Morgan fingerprint density at radius 1 is 1.45 bits per heavy atom. The molecule has 1 aliphatic heterocycles. The lowest BCUT2D eigenvalue weighted by Gasteiger charge is -2.35. The molecule has 0 aromatic heterocycles. The molecular weight excluding hydrogens is 256 g/mol. The Kier molecular flexibility index (Phi) is 4.84. The van der Waals surface area contributed by atoms with Gasteiger partial charge in [0.15, 0.2) is 0 Å². The summed E-state index contributed by atoms with van der Waals surface area (Å²) in [7, 11) is 0. The number of hydrogen-bond acceptors (Lipinski definition) is 3. The fourth-order valence-corrected chi connectivity index (χ4v) is 1.91. The van der Waals surface area contributed by atoms with Crippen molar-refractivity contribution in [3.8, 4) is 5.75 Å². The third-order valence-electron chi connectivity index (χ3n) is 3.43. The Morgan fingerprint density at radius 2 is 2.10 bits per heavy atom. The van der Waals surface area contributed by atoms with Gasteiger partial charge in [-0.3, -0.25) is 0 Å². The molecule has 1 heterocycles. The first-order chi connectivity index (χ1) is 9.58. The molecule has 1 aromatic rings. The van der Waals surface area contributed by atoms with Gasteiger partial charge in [-0.15, -0.1) is 0 Å². The van der Waals surface area contributed by atoms with E-state index in [-0.39, 0.29) is 18.2 Å². The van der Waals surface area contributed by atoms with Gasteiger partial charge in [-0.2, -0.15) is 0 Å². The summed E-state index contributed by atoms with van der Waals surface area (Å²) in [6.07, 6.45) is 0.815. The minimum absolute atomic E-state index is 0.129. The van der Waals surface area contributed by atoms with Crippen molar-refractivity contribution in [2.45, 2.75) is 39.0 Å². The molecule has 5 heteroatoms. The first kappa shape index (κ1) is 14.7. The molecule has 0 spiro atoms. The number of aliphatic hydroxyl groups excluding tert-OH is 1. The number of hydrogen-bond donors (Lipinski definition) is 2. The predicted molar refractivity (Wildman–Crippen MR) is 76.6 cm³/mol. The van der Waals surface area contributed by atoms with Crippen LogP contribution in [0.15, 0.2) is 24.3 Å². The molecular formula is C15H22N2O3. The van der Waals surface area contributed by atoms with Crippen molar-refractivity contribution in [1.82, 2.24) is 10.2 Å². The van der Waals surface area contributed by atoms with Gasteiger partial charge in [-0.05, 0) is 31.0 Å². The van der Waals surface area contributed by atoms with E-state index in [0.29, 0.717) is 19.6 Å². The molecule has 0 bridgehead atoms. The van der Waals surface area contributed by atoms with Crippen molar-refractivity contribution in [1.29, 1.82) is 0 Å². The van der Waals surface area contributed by atoms with E-state index in [2.05, 4.69) is 12.2 Å². The number of carbonyl (C=O) groups excluding carboxylic acids is 1. The summed E-state index contributed by atoms with van der Waals surface area (Å²) in [5.74, 6) is 0.847. The normalized spacial score (nSPS) is 16.4. The zero-order valence-corrected chi connectivity index (χ0v) is 12.0. The Hall–Kier alpha value is -1.75. The standard InChI is InChI=1S/C15H22N2O3/c1-3-11(2)20-14-6-4-12(5-7-14)8-16-15(19)17-9-13(18)10-17/h4-7,11,13,18H,3,8-10H2,1-2H3,(H,16,19)/t11-/m0/s1. The molecule has 2 rings (SSSR count). The maximum Gasteiger partial charge on any atom is 0.317 e. The van der Waals surface area contributed by atoms with Crippen LogP contribution in [0.1, 0.15) is 25.8 Å². The van der Waals surface area contributed by atoms with Gasteiger partial charge in [0.1, 0.15) is 5.75 Å². The van der Waals surface area contributed by atoms with Crippen LogP contribution in [-0.2, 0) is 6.54 Å². The summed E-state index contributed by atoms with van der Waals surface area (Å²) in [6, 6.07) is 7.60. The number of aliphatic hydroxyl groups is 1. The third kappa shape index (κ3) is 3.87. The van der Waals surface area contributed by atoms with Gasteiger partial charge in [-0.1, -0.05) is 19.1 Å². The van der Waals surface area contributed by atoms with Crippen molar-refractivity contribution >= 4 is 6.03 Å². The highest BCUT2D eigenvalue weighted by molar-refractivity contribution is 5.75. The van der Waals surface area contributed by atoms with Gasteiger partial charge in [-0.25, -0.2) is 4.79 Å². The van der Waals surface area contributed by atoms with Crippen molar-refractivity contribution in [2.75, 3.05) is 13.1 Å². The second-order valence-electron chi connectivity index (χ2n) is 5.20. The molecule has 0 radical (unpaired) electrons. The monoisotopic (exact) mass is 278 g/mol. The lowest BCUT2D eigenvalue weighted by atomic mass is 10.2. The summed E-state index contributed by atoms with van der Waals surface area (Å²) in [5, 5.41) is 12.0. The van der Waals surface area contributed by atoms with E-state index in [9.17, 15) is 4.79 Å². The molecule has 1 atom stereocenters. The van der Waals surface area contributed by atoms with Crippen molar-refractivity contribution in [3.05, 3.63) is 29.8 Å². The number of likely N-dealkylation sites (tertiary alicyclic amines) is 1. The number of β-amino-alcohol motifs (C(OH)–C–C–N with tert-alkyl or cyclic N) is 1. The number of amides is 2. The maximum absolute atomic E-state index is 11.7. The Morgan fingerprint density at radius 3 is 2.65 bits per heavy atom. The van der Waals surface area contributed by atoms with Gasteiger partial charge < -0.3 is 20.1 Å². The van der Waals surface area contributed by atoms with Crippen LogP contribution in [0.2, 0.25) is 0 Å². The minimum Gasteiger partial charge on any atom is -0.491 e. The highest BCUT2D eigenvalue weighted by Crippen LogP contribution is 2.15. The fourth-order valence-electron chi connectivity index (χ4n) is 1.91. The van der Waals surface area contributed by atoms with Gasteiger partial charge >= 0.3 is 6.03 Å². The highest BCUT2D eigenvalue weighted by atomic mass is 16.5. The zero-order valence-electron chi connectivity index (χ0n) is 12.0. The van der Waals surface area contributed by atoms with E-state index < -0.39 is 0 Å². The first-order valence-corrected chi connectivity index (χ1v) is 7.05. The number of urea groups is 1. The van der Waals surface area contributed by atoms with E-state index in [1.54, 1.807) is 4.90 Å². The molecule has 0 saturated carbocycles. The second kappa shape index (κ2) is 6.61. The summed E-state index contributed by atoms with van der Waals surface area (Å²) in [5.41, 5.74) is 1.02. The average Bonchev–Trinajstić information content (AvgIpc) is 2.42. The Balaban J connectivity index is 1.77. The molecule has 0 aliphatic carbocycles. The van der Waals surface area contributed by atoms with Gasteiger partial charge in [0.05, 0.1) is 25.3 Å². The molecule has 0 unspecified atom stereocenters. The smallest absolute Gasteiger partial charge is 0.317 e. The quantitative estimate of drug-likeness (QED) is 0.862. The topological polar surface area (TPSA) is 61.8 Å². The number of benzene rings is 1. The summed E-state index contributed by atoms with van der Waals surface area (Å²) >= 11 is 0. The highest BCUT2D eigenvalue weighted by Gasteiger charge is 2.28. The lowest BCUT2D eigenvalue weighted by Crippen LogP contribution is -2.56. The number of ether oxygens (including phenoxy) is 1. The molecule has 1 aromatic carbocycles. The Bertz CT molecular complexity index is 441.